The molecule has 0 bridgehead atoms. The van der Waals surface area contributed by atoms with Crippen LogP contribution in [0.15, 0.2) is 47.4 Å². The van der Waals surface area contributed by atoms with Crippen molar-refractivity contribution in [2.24, 2.45) is 0 Å². The number of halogens is 3. The minimum absolute atomic E-state index is 0.331. The van der Waals surface area contributed by atoms with Crippen LogP contribution in [0, 0.1) is 0 Å². The van der Waals surface area contributed by atoms with Gasteiger partial charge in [0, 0.05) is 4.90 Å². The number of alkyl halides is 3. The zero-order chi connectivity index (χ0) is 17.3. The third-order valence-electron chi connectivity index (χ3n) is 3.75. The maximum absolute atomic E-state index is 12.2. The van der Waals surface area contributed by atoms with Gasteiger partial charge in [-0.2, -0.15) is 13.2 Å². The second-order valence-electron chi connectivity index (χ2n) is 5.50. The quantitative estimate of drug-likeness (QED) is 0.655. The van der Waals surface area contributed by atoms with Gasteiger partial charge in [-0.15, -0.1) is 11.8 Å². The lowest BCUT2D eigenvalue weighted by molar-refractivity contribution is -0.105. The molecule has 0 aliphatic carbocycles. The highest BCUT2D eigenvalue weighted by Gasteiger charge is 2.28. The van der Waals surface area contributed by atoms with E-state index in [1.54, 1.807) is 42.5 Å². The van der Waals surface area contributed by atoms with Crippen LogP contribution in [0.25, 0.3) is 0 Å². The number of rotatable bonds is 4. The van der Waals surface area contributed by atoms with E-state index in [4.69, 9.17) is 4.65 Å². The highest BCUT2D eigenvalue weighted by molar-refractivity contribution is 7.99. The smallest absolute Gasteiger partial charge is 0.423 e. The van der Waals surface area contributed by atoms with Gasteiger partial charge in [0.1, 0.15) is 6.10 Å². The van der Waals surface area contributed by atoms with E-state index < -0.39 is 25.2 Å². The van der Waals surface area contributed by atoms with Gasteiger partial charge in [-0.25, -0.2) is 0 Å². The average molecular weight is 354 g/mol. The van der Waals surface area contributed by atoms with Crippen LogP contribution < -0.4 is 5.46 Å². The van der Waals surface area contributed by atoms with Gasteiger partial charge in [-0.1, -0.05) is 30.3 Å². The predicted octanol–water partition coefficient (Wildman–Crippen LogP) is 2.64. The van der Waals surface area contributed by atoms with Gasteiger partial charge in [0.25, 0.3) is 0 Å². The summed E-state index contributed by atoms with van der Waals surface area (Å²) in [5.74, 6) is -0.947. The van der Waals surface area contributed by atoms with E-state index in [0.29, 0.717) is 39.9 Å². The zero-order valence-electron chi connectivity index (χ0n) is 12.5. The second kappa shape index (κ2) is 6.80. The Bertz CT molecular complexity index is 721. The molecule has 2 aromatic rings. The molecule has 126 valence electrons. The summed E-state index contributed by atoms with van der Waals surface area (Å²) in [6.07, 6.45) is -5.14. The van der Waals surface area contributed by atoms with Gasteiger partial charge in [0.15, 0.2) is 0 Å². The Morgan fingerprint density at radius 1 is 1.12 bits per heavy atom. The molecule has 2 N–H and O–H groups in total. The molecule has 1 atom stereocenters. The number of hydrogen-bond donors (Lipinski definition) is 2. The molecule has 0 saturated heterocycles. The SMILES string of the molecule is OB1OCc2ccc(C(O)c3ccc(SCC(F)(F)F)cc3)cc21. The van der Waals surface area contributed by atoms with Crippen LogP contribution in [0.3, 0.4) is 0 Å². The molecule has 24 heavy (non-hydrogen) atoms. The van der Waals surface area contributed by atoms with E-state index in [-0.39, 0.29) is 0 Å². The van der Waals surface area contributed by atoms with Crippen LogP contribution in [0.5, 0.6) is 0 Å². The van der Waals surface area contributed by atoms with Crippen molar-refractivity contribution in [1.82, 2.24) is 0 Å². The minimum atomic E-state index is -4.21. The fraction of sp³-hybridized carbons (Fsp3) is 0.250. The lowest BCUT2D eigenvalue weighted by Gasteiger charge is -2.14. The van der Waals surface area contributed by atoms with Crippen molar-refractivity contribution in [3.63, 3.8) is 0 Å². The highest BCUT2D eigenvalue weighted by atomic mass is 32.2. The molecule has 3 nitrogen and oxygen atoms in total. The van der Waals surface area contributed by atoms with Crippen molar-refractivity contribution in [2.45, 2.75) is 23.8 Å². The Balaban J connectivity index is 1.73. The monoisotopic (exact) mass is 354 g/mol. The first-order chi connectivity index (χ1) is 11.3. The van der Waals surface area contributed by atoms with Crippen LogP contribution >= 0.6 is 11.8 Å². The third kappa shape index (κ3) is 3.95. The summed E-state index contributed by atoms with van der Waals surface area (Å²) in [6, 6.07) is 11.5. The molecular formula is C16H14BF3O3S. The maximum Gasteiger partial charge on any atom is 0.491 e. The molecule has 2 aromatic carbocycles. The van der Waals surface area contributed by atoms with Gasteiger partial charge in [0.05, 0.1) is 12.4 Å². The molecule has 3 rings (SSSR count). The molecule has 0 aromatic heterocycles. The minimum Gasteiger partial charge on any atom is -0.423 e. The fourth-order valence-electron chi connectivity index (χ4n) is 2.51. The first-order valence-corrected chi connectivity index (χ1v) is 8.22. The molecule has 0 saturated carbocycles. The summed E-state index contributed by atoms with van der Waals surface area (Å²) in [4.78, 5) is 0.487. The Labute approximate surface area is 141 Å². The summed E-state index contributed by atoms with van der Waals surface area (Å²) in [5.41, 5.74) is 2.66. The fourth-order valence-corrected chi connectivity index (χ4v) is 3.17. The van der Waals surface area contributed by atoms with Crippen molar-refractivity contribution in [1.29, 1.82) is 0 Å². The number of fused-ring (bicyclic) bond motifs is 1. The number of hydrogen-bond acceptors (Lipinski definition) is 4. The standard InChI is InChI=1S/C16H14BF3O3S/c18-16(19,20)9-24-13-5-3-10(4-6-13)15(21)11-1-2-12-8-23-17(22)14(12)7-11/h1-7,15,21-22H,8-9H2. The highest BCUT2D eigenvalue weighted by Crippen LogP contribution is 2.29. The third-order valence-corrected chi connectivity index (χ3v) is 4.82. The first-order valence-electron chi connectivity index (χ1n) is 7.23. The Kier molecular flexibility index (Phi) is 4.91. The predicted molar refractivity (Wildman–Crippen MR) is 86.1 cm³/mol. The van der Waals surface area contributed by atoms with Crippen molar-refractivity contribution in [3.05, 3.63) is 59.2 Å². The molecule has 0 radical (unpaired) electrons. The van der Waals surface area contributed by atoms with Gasteiger partial charge in [-0.05, 0) is 34.3 Å². The number of thioether (sulfide) groups is 1. The lowest BCUT2D eigenvalue weighted by Crippen LogP contribution is -2.28. The summed E-state index contributed by atoms with van der Waals surface area (Å²) in [6.45, 7) is 0.331. The van der Waals surface area contributed by atoms with E-state index in [1.807, 2.05) is 0 Å². The van der Waals surface area contributed by atoms with Crippen LogP contribution in [0.1, 0.15) is 22.8 Å². The number of aliphatic hydroxyl groups is 1. The van der Waals surface area contributed by atoms with Crippen LogP contribution in [0.4, 0.5) is 13.2 Å². The van der Waals surface area contributed by atoms with Gasteiger partial charge in [0.2, 0.25) is 0 Å². The second-order valence-corrected chi connectivity index (χ2v) is 6.55. The normalized spacial score (nSPS) is 15.5. The summed E-state index contributed by atoms with van der Waals surface area (Å²) in [7, 11) is -0.992. The van der Waals surface area contributed by atoms with Gasteiger partial charge in [-0.3, -0.25) is 0 Å². The van der Waals surface area contributed by atoms with Gasteiger partial charge >= 0.3 is 13.3 Å². The molecule has 1 heterocycles. The maximum atomic E-state index is 12.2. The molecule has 0 spiro atoms. The van der Waals surface area contributed by atoms with Crippen LogP contribution in [-0.4, -0.2) is 29.2 Å². The Morgan fingerprint density at radius 2 is 1.79 bits per heavy atom. The number of aliphatic hydroxyl groups excluding tert-OH is 1. The molecule has 0 fully saturated rings. The van der Waals surface area contributed by atoms with E-state index in [2.05, 4.69) is 0 Å². The summed E-state index contributed by atoms with van der Waals surface area (Å²) >= 11 is 0.704. The topological polar surface area (TPSA) is 49.7 Å². The largest absolute Gasteiger partial charge is 0.491 e. The molecule has 8 heteroatoms. The van der Waals surface area contributed by atoms with Gasteiger partial charge < -0.3 is 14.8 Å². The molecular weight excluding hydrogens is 340 g/mol. The Hall–Kier alpha value is -1.48. The average Bonchev–Trinajstić information content (AvgIpc) is 2.93. The van der Waals surface area contributed by atoms with Crippen molar-refractivity contribution in [3.8, 4) is 0 Å². The van der Waals surface area contributed by atoms with E-state index >= 15 is 0 Å². The van der Waals surface area contributed by atoms with E-state index in [9.17, 15) is 23.3 Å². The molecule has 1 unspecified atom stereocenters. The number of benzene rings is 2. The van der Waals surface area contributed by atoms with E-state index in [1.165, 1.54) is 0 Å². The summed E-state index contributed by atoms with van der Waals surface area (Å²) < 4.78 is 41.8. The van der Waals surface area contributed by atoms with Crippen molar-refractivity contribution in [2.75, 3.05) is 5.75 Å². The first kappa shape index (κ1) is 17.4. The molecule has 1 aliphatic heterocycles. The molecule has 0 amide bonds. The summed E-state index contributed by atoms with van der Waals surface area (Å²) in [5, 5.41) is 20.2. The van der Waals surface area contributed by atoms with Crippen molar-refractivity contribution >= 4 is 24.3 Å². The Morgan fingerprint density at radius 3 is 2.46 bits per heavy atom. The molecule has 1 aliphatic rings. The lowest BCUT2D eigenvalue weighted by atomic mass is 9.78. The van der Waals surface area contributed by atoms with Crippen LogP contribution in [0.2, 0.25) is 0 Å². The van der Waals surface area contributed by atoms with Crippen molar-refractivity contribution < 1.29 is 28.0 Å². The van der Waals surface area contributed by atoms with Crippen LogP contribution in [-0.2, 0) is 11.3 Å². The zero-order valence-corrected chi connectivity index (χ0v) is 13.3. The van der Waals surface area contributed by atoms with E-state index in [0.717, 1.165) is 5.56 Å².